The summed E-state index contributed by atoms with van der Waals surface area (Å²) in [6.07, 6.45) is 12.2. The monoisotopic (exact) mass is 374 g/mol. The Morgan fingerprint density at radius 2 is 1.79 bits per heavy atom. The van der Waals surface area contributed by atoms with Crippen molar-refractivity contribution in [3.8, 4) is 0 Å². The molecular formula is C17H34OSn. The molecule has 1 N–H and O–H groups in total. The first-order chi connectivity index (χ1) is 8.92. The molecule has 112 valence electrons. The molecule has 0 aliphatic heterocycles. The molecule has 0 saturated heterocycles. The molecule has 0 aromatic heterocycles. The second-order valence-electron chi connectivity index (χ2n) is 8.21. The van der Waals surface area contributed by atoms with Crippen LogP contribution in [-0.4, -0.2) is 29.6 Å². The van der Waals surface area contributed by atoms with E-state index in [1.807, 2.05) is 0 Å². The molecule has 0 heterocycles. The second kappa shape index (κ2) is 6.25. The zero-order valence-corrected chi connectivity index (χ0v) is 16.4. The molecule has 0 bridgehead atoms. The summed E-state index contributed by atoms with van der Waals surface area (Å²) in [6.45, 7) is 2.31. The average Bonchev–Trinajstić information content (AvgIpc) is 3.12. The molecule has 0 spiro atoms. The van der Waals surface area contributed by atoms with Gasteiger partial charge in [0, 0.05) is 0 Å². The van der Waals surface area contributed by atoms with Gasteiger partial charge in [0.15, 0.2) is 0 Å². The van der Waals surface area contributed by atoms with E-state index in [2.05, 4.69) is 21.7 Å². The normalized spacial score (nSPS) is 34.3. The van der Waals surface area contributed by atoms with Gasteiger partial charge in [0.1, 0.15) is 0 Å². The summed E-state index contributed by atoms with van der Waals surface area (Å²) in [5.74, 6) is 1.31. The predicted octanol–water partition coefficient (Wildman–Crippen LogP) is 5.22. The third-order valence-corrected chi connectivity index (χ3v) is 17.0. The van der Waals surface area contributed by atoms with Gasteiger partial charge in [0.2, 0.25) is 0 Å². The molecule has 0 aromatic rings. The van der Waals surface area contributed by atoms with Crippen LogP contribution in [0.2, 0.25) is 18.2 Å². The van der Waals surface area contributed by atoms with Crippen molar-refractivity contribution in [1.29, 1.82) is 0 Å². The van der Waals surface area contributed by atoms with Crippen LogP contribution in [0.1, 0.15) is 64.7 Å². The minimum atomic E-state index is -1.93. The van der Waals surface area contributed by atoms with Gasteiger partial charge in [0.05, 0.1) is 0 Å². The van der Waals surface area contributed by atoms with E-state index in [0.29, 0.717) is 15.3 Å². The van der Waals surface area contributed by atoms with E-state index in [-0.39, 0.29) is 6.10 Å². The van der Waals surface area contributed by atoms with Gasteiger partial charge in [0.25, 0.3) is 0 Å². The van der Waals surface area contributed by atoms with Crippen LogP contribution < -0.4 is 0 Å². The topological polar surface area (TPSA) is 20.2 Å². The first kappa shape index (κ1) is 16.1. The van der Waals surface area contributed by atoms with Crippen molar-refractivity contribution in [3.63, 3.8) is 0 Å². The SMILES string of the molecule is CCCC[C@@]1([Sn]([CH3])([CH3])[CH3])C[C@H]1[C@H](O)C1CCCCC1. The van der Waals surface area contributed by atoms with E-state index >= 15 is 0 Å². The van der Waals surface area contributed by atoms with E-state index < -0.39 is 18.4 Å². The Morgan fingerprint density at radius 1 is 1.16 bits per heavy atom. The first-order valence-electron chi connectivity index (χ1n) is 8.60. The van der Waals surface area contributed by atoms with Crippen molar-refractivity contribution in [3.05, 3.63) is 0 Å². The molecule has 19 heavy (non-hydrogen) atoms. The summed E-state index contributed by atoms with van der Waals surface area (Å²) in [7, 11) is 0. The van der Waals surface area contributed by atoms with Crippen LogP contribution in [0.4, 0.5) is 0 Å². The standard InChI is InChI=1S/C14H25O.3CH3.Sn/c1-2-3-7-12-10-13(12)14(15)11-8-5-4-6-9-11;;;;/h11,13-15H,2-10H2,1H3;3*1H3;/t13-,14-;;;;/m1..../s1. The van der Waals surface area contributed by atoms with Crippen molar-refractivity contribution in [2.24, 2.45) is 11.8 Å². The average molecular weight is 373 g/mol. The zero-order valence-electron chi connectivity index (χ0n) is 13.5. The molecular weight excluding hydrogens is 339 g/mol. The Morgan fingerprint density at radius 3 is 2.32 bits per heavy atom. The minimum absolute atomic E-state index is 0.0353. The summed E-state index contributed by atoms with van der Waals surface area (Å²) >= 11 is -1.93. The van der Waals surface area contributed by atoms with Gasteiger partial charge < -0.3 is 0 Å². The second-order valence-corrected chi connectivity index (χ2v) is 23.9. The van der Waals surface area contributed by atoms with Gasteiger partial charge >= 0.3 is 124 Å². The van der Waals surface area contributed by atoms with Crippen LogP contribution in [0.15, 0.2) is 0 Å². The van der Waals surface area contributed by atoms with Crippen LogP contribution in [-0.2, 0) is 0 Å². The van der Waals surface area contributed by atoms with Gasteiger partial charge in [-0.1, -0.05) is 0 Å². The first-order valence-corrected chi connectivity index (χ1v) is 18.6. The van der Waals surface area contributed by atoms with Crippen molar-refractivity contribution in [1.82, 2.24) is 0 Å². The number of rotatable bonds is 6. The van der Waals surface area contributed by atoms with Gasteiger partial charge in [-0.05, 0) is 0 Å². The summed E-state index contributed by atoms with van der Waals surface area (Å²) in [4.78, 5) is 7.79. The van der Waals surface area contributed by atoms with E-state index in [0.717, 1.165) is 0 Å². The zero-order chi connectivity index (χ0) is 14.1. The Labute approximate surface area is 124 Å². The maximum atomic E-state index is 10.8. The fraction of sp³-hybridized carbons (Fsp3) is 1.00. The Balaban J connectivity index is 2.00. The van der Waals surface area contributed by atoms with Crippen molar-refractivity contribution >= 4 is 18.4 Å². The third kappa shape index (κ3) is 3.33. The van der Waals surface area contributed by atoms with Gasteiger partial charge in [-0.2, -0.15) is 0 Å². The summed E-state index contributed by atoms with van der Waals surface area (Å²) in [5.41, 5.74) is 0. The van der Waals surface area contributed by atoms with Crippen LogP contribution in [0.3, 0.4) is 0 Å². The molecule has 2 aliphatic rings. The molecule has 3 atom stereocenters. The predicted molar refractivity (Wildman–Crippen MR) is 86.3 cm³/mol. The summed E-state index contributed by atoms with van der Waals surface area (Å²) in [6, 6.07) is 0. The van der Waals surface area contributed by atoms with Crippen LogP contribution in [0.5, 0.6) is 0 Å². The fourth-order valence-electron chi connectivity index (χ4n) is 4.60. The van der Waals surface area contributed by atoms with Crippen LogP contribution in [0, 0.1) is 11.8 Å². The molecule has 2 heteroatoms. The van der Waals surface area contributed by atoms with Crippen LogP contribution in [0.25, 0.3) is 0 Å². The number of unbranched alkanes of at least 4 members (excludes halogenated alkanes) is 1. The number of aliphatic hydroxyl groups excluding tert-OH is 1. The fourth-order valence-corrected chi connectivity index (χ4v) is 13.3. The molecule has 0 aromatic carbocycles. The number of hydrogen-bond donors (Lipinski definition) is 1. The maximum absolute atomic E-state index is 10.8. The summed E-state index contributed by atoms with van der Waals surface area (Å²) in [5, 5.41) is 10.8. The van der Waals surface area contributed by atoms with E-state index in [4.69, 9.17) is 0 Å². The molecule has 0 unspecified atom stereocenters. The molecule has 0 amide bonds. The van der Waals surface area contributed by atoms with Gasteiger partial charge in [-0.15, -0.1) is 0 Å². The van der Waals surface area contributed by atoms with Crippen molar-refractivity contribution < 1.29 is 5.11 Å². The van der Waals surface area contributed by atoms with Gasteiger partial charge in [-0.25, -0.2) is 0 Å². The van der Waals surface area contributed by atoms with Gasteiger partial charge in [-0.3, -0.25) is 0 Å². The Kier molecular flexibility index (Phi) is 5.31. The van der Waals surface area contributed by atoms with E-state index in [1.54, 1.807) is 0 Å². The van der Waals surface area contributed by atoms with Crippen LogP contribution >= 0.6 is 0 Å². The Hall–Kier alpha value is 0.759. The van der Waals surface area contributed by atoms with E-state index in [9.17, 15) is 5.11 Å². The van der Waals surface area contributed by atoms with E-state index in [1.165, 1.54) is 57.8 Å². The third-order valence-electron chi connectivity index (χ3n) is 6.15. The molecule has 2 fully saturated rings. The molecule has 2 rings (SSSR count). The number of hydrogen-bond acceptors (Lipinski definition) is 1. The molecule has 2 saturated carbocycles. The quantitative estimate of drug-likeness (QED) is 0.634. The van der Waals surface area contributed by atoms with Crippen molar-refractivity contribution in [2.45, 2.75) is 89.1 Å². The number of aliphatic hydroxyl groups is 1. The molecule has 1 nitrogen and oxygen atoms in total. The van der Waals surface area contributed by atoms with Crippen molar-refractivity contribution in [2.75, 3.05) is 0 Å². The molecule has 2 aliphatic carbocycles. The summed E-state index contributed by atoms with van der Waals surface area (Å²) < 4.78 is 0.640. The molecule has 0 radical (unpaired) electrons. The Bertz CT molecular complexity index is 290.